The molecule has 0 N–H and O–H groups in total. The number of hydrogen-bond donors (Lipinski definition) is 0. The normalized spacial score (nSPS) is 14.4. The molecule has 0 radical (unpaired) electrons. The zero-order valence-corrected chi connectivity index (χ0v) is 27.2. The SMILES string of the molecule is C=CC(=O)N1Cc2cc(-c3nc(-c4ccc5c(=O)n(C)ncc5c4)c4ccsc4c3-c3c(F)cc(F)cc3OCCOC)nn2C[C@H]1C. The lowest BCUT2D eigenvalue weighted by Crippen LogP contribution is -2.44. The first kappa shape index (κ1) is 31.3. The summed E-state index contributed by atoms with van der Waals surface area (Å²) in [6.45, 7) is 6.58. The summed E-state index contributed by atoms with van der Waals surface area (Å²) in [5.74, 6) is -1.79. The minimum Gasteiger partial charge on any atom is -0.490 e. The molecule has 1 aliphatic heterocycles. The molecule has 6 aromatic rings. The number of amides is 1. The molecule has 1 atom stereocenters. The van der Waals surface area contributed by atoms with E-state index in [-0.39, 0.29) is 42.0 Å². The number of ether oxygens (including phenoxy) is 2. The van der Waals surface area contributed by atoms with E-state index in [9.17, 15) is 14.0 Å². The van der Waals surface area contributed by atoms with Crippen LogP contribution >= 0.6 is 11.3 Å². The lowest BCUT2D eigenvalue weighted by molar-refractivity contribution is -0.129. The van der Waals surface area contributed by atoms with Gasteiger partial charge in [0.2, 0.25) is 5.91 Å². The predicted molar refractivity (Wildman–Crippen MR) is 180 cm³/mol. The number of rotatable bonds is 8. The second-order valence-corrected chi connectivity index (χ2v) is 12.5. The van der Waals surface area contributed by atoms with Crippen molar-refractivity contribution >= 4 is 38.1 Å². The van der Waals surface area contributed by atoms with Gasteiger partial charge in [0, 0.05) is 58.9 Å². The van der Waals surface area contributed by atoms with Crippen LogP contribution < -0.4 is 10.3 Å². The second-order valence-electron chi connectivity index (χ2n) is 11.5. The monoisotopic (exact) mass is 668 g/mol. The molecule has 0 fully saturated rings. The molecule has 0 saturated heterocycles. The molecular weight excluding hydrogens is 638 g/mol. The molecule has 0 saturated carbocycles. The molecule has 5 heterocycles. The van der Waals surface area contributed by atoms with Crippen LogP contribution in [0.3, 0.4) is 0 Å². The lowest BCUT2D eigenvalue weighted by Gasteiger charge is -2.33. The van der Waals surface area contributed by atoms with Crippen LogP contribution in [0.5, 0.6) is 5.75 Å². The van der Waals surface area contributed by atoms with Gasteiger partial charge in [-0.15, -0.1) is 11.3 Å². The summed E-state index contributed by atoms with van der Waals surface area (Å²) in [7, 11) is 3.11. The minimum atomic E-state index is -0.819. The van der Waals surface area contributed by atoms with Crippen LogP contribution in [-0.4, -0.2) is 61.7 Å². The molecule has 13 heteroatoms. The van der Waals surface area contributed by atoms with Gasteiger partial charge < -0.3 is 14.4 Å². The number of aromatic nitrogens is 5. The Morgan fingerprint density at radius 3 is 2.73 bits per heavy atom. The number of carbonyl (C=O) groups is 1. The van der Waals surface area contributed by atoms with Crippen molar-refractivity contribution in [1.82, 2.24) is 29.4 Å². The number of benzene rings is 2. The summed E-state index contributed by atoms with van der Waals surface area (Å²) in [6, 6.07) is 11.0. The Morgan fingerprint density at radius 1 is 1.10 bits per heavy atom. The van der Waals surface area contributed by atoms with Crippen molar-refractivity contribution in [3.8, 4) is 39.5 Å². The van der Waals surface area contributed by atoms with E-state index in [1.807, 2.05) is 41.3 Å². The Hall–Kier alpha value is -5.27. The molecular formula is C35H30F2N6O4S. The molecule has 2 aromatic carbocycles. The van der Waals surface area contributed by atoms with E-state index in [1.54, 1.807) is 24.2 Å². The van der Waals surface area contributed by atoms with Gasteiger partial charge in [-0.2, -0.15) is 10.2 Å². The first-order chi connectivity index (χ1) is 23.2. The zero-order valence-electron chi connectivity index (χ0n) is 26.4. The average molecular weight is 669 g/mol. The second kappa shape index (κ2) is 12.4. The quantitative estimate of drug-likeness (QED) is 0.146. The van der Waals surface area contributed by atoms with Crippen LogP contribution in [-0.2, 0) is 29.7 Å². The number of halogens is 2. The number of hydrogen-bond acceptors (Lipinski definition) is 8. The number of aryl methyl sites for hydroxylation is 1. The van der Waals surface area contributed by atoms with Crippen molar-refractivity contribution in [3.05, 3.63) is 94.4 Å². The van der Waals surface area contributed by atoms with Crippen molar-refractivity contribution < 1.29 is 23.0 Å². The van der Waals surface area contributed by atoms with Gasteiger partial charge in [0.25, 0.3) is 5.56 Å². The number of methoxy groups -OCH3 is 1. The fraction of sp³-hybridized carbons (Fsp3) is 0.229. The molecule has 10 nitrogen and oxygen atoms in total. The van der Waals surface area contributed by atoms with E-state index in [4.69, 9.17) is 19.6 Å². The third kappa shape index (κ3) is 5.34. The first-order valence-electron chi connectivity index (χ1n) is 15.2. The van der Waals surface area contributed by atoms with Crippen molar-refractivity contribution in [2.75, 3.05) is 20.3 Å². The van der Waals surface area contributed by atoms with E-state index < -0.39 is 11.6 Å². The molecule has 48 heavy (non-hydrogen) atoms. The smallest absolute Gasteiger partial charge is 0.274 e. The predicted octanol–water partition coefficient (Wildman–Crippen LogP) is 5.96. The Morgan fingerprint density at radius 2 is 1.94 bits per heavy atom. The summed E-state index contributed by atoms with van der Waals surface area (Å²) < 4.78 is 45.5. The van der Waals surface area contributed by atoms with E-state index in [0.717, 1.165) is 23.2 Å². The molecule has 0 aliphatic carbocycles. The van der Waals surface area contributed by atoms with E-state index in [0.29, 0.717) is 56.8 Å². The van der Waals surface area contributed by atoms with Crippen LogP contribution in [0.2, 0.25) is 0 Å². The number of pyridine rings is 1. The molecule has 4 aromatic heterocycles. The topological polar surface area (TPSA) is 104 Å². The Balaban J connectivity index is 1.50. The Labute approximate surface area is 277 Å². The highest BCUT2D eigenvalue weighted by atomic mass is 32.1. The van der Waals surface area contributed by atoms with Crippen molar-refractivity contribution in [2.24, 2.45) is 7.05 Å². The van der Waals surface area contributed by atoms with Crippen molar-refractivity contribution in [2.45, 2.75) is 26.1 Å². The number of nitrogens with zero attached hydrogens (tertiary/aromatic N) is 6. The third-order valence-corrected chi connectivity index (χ3v) is 9.44. The Bertz CT molecular complexity index is 2310. The third-order valence-electron chi connectivity index (χ3n) is 8.51. The summed E-state index contributed by atoms with van der Waals surface area (Å²) in [4.78, 5) is 32.2. The molecule has 7 rings (SSSR count). The van der Waals surface area contributed by atoms with Gasteiger partial charge in [-0.3, -0.25) is 14.3 Å². The summed E-state index contributed by atoms with van der Waals surface area (Å²) in [5.41, 5.74) is 3.07. The van der Waals surface area contributed by atoms with Gasteiger partial charge in [-0.1, -0.05) is 12.6 Å². The molecule has 0 spiro atoms. The van der Waals surface area contributed by atoms with Gasteiger partial charge >= 0.3 is 0 Å². The maximum Gasteiger partial charge on any atom is 0.274 e. The van der Waals surface area contributed by atoms with Crippen molar-refractivity contribution in [1.29, 1.82) is 0 Å². The van der Waals surface area contributed by atoms with Crippen LogP contribution in [0.25, 0.3) is 54.6 Å². The highest BCUT2D eigenvalue weighted by Gasteiger charge is 2.30. The minimum absolute atomic E-state index is 0.00280. The number of carbonyl (C=O) groups excluding carboxylic acids is 1. The maximum absolute atomic E-state index is 16.1. The fourth-order valence-corrected chi connectivity index (χ4v) is 7.09. The first-order valence-corrected chi connectivity index (χ1v) is 16.0. The highest BCUT2D eigenvalue weighted by molar-refractivity contribution is 7.18. The molecule has 1 amide bonds. The average Bonchev–Trinajstić information content (AvgIpc) is 3.73. The molecule has 0 unspecified atom stereocenters. The number of fused-ring (bicyclic) bond motifs is 3. The van der Waals surface area contributed by atoms with E-state index >= 15 is 4.39 Å². The van der Waals surface area contributed by atoms with E-state index in [2.05, 4.69) is 11.7 Å². The van der Waals surface area contributed by atoms with Gasteiger partial charge in [-0.05, 0) is 42.6 Å². The van der Waals surface area contributed by atoms with Crippen molar-refractivity contribution in [3.63, 3.8) is 0 Å². The van der Waals surface area contributed by atoms with Crippen LogP contribution in [0.1, 0.15) is 12.6 Å². The molecule has 0 bridgehead atoms. The van der Waals surface area contributed by atoms with Gasteiger partial charge in [0.05, 0.1) is 48.2 Å². The summed E-state index contributed by atoms with van der Waals surface area (Å²) >= 11 is 1.38. The molecule has 244 valence electrons. The fourth-order valence-electron chi connectivity index (χ4n) is 6.14. The summed E-state index contributed by atoms with van der Waals surface area (Å²) in [5, 5.41) is 12.8. The lowest BCUT2D eigenvalue weighted by atomic mass is 9.96. The highest BCUT2D eigenvalue weighted by Crippen LogP contribution is 2.47. The van der Waals surface area contributed by atoms with Crippen LogP contribution in [0.4, 0.5) is 8.78 Å². The number of thiophene rings is 1. The maximum atomic E-state index is 16.1. The Kier molecular flexibility index (Phi) is 8.09. The van der Waals surface area contributed by atoms with Gasteiger partial charge in [-0.25, -0.2) is 18.4 Å². The van der Waals surface area contributed by atoms with Crippen LogP contribution in [0.15, 0.2) is 71.5 Å². The van der Waals surface area contributed by atoms with E-state index in [1.165, 1.54) is 29.2 Å². The standard InChI is InChI=1S/C35H30F2N6O4S/c1-5-29(44)42-18-23-15-27(40-43(23)17-19(42)2)33-31(30-26(37)13-22(36)14-28(30)47-10-9-46-4)34-25(8-11-48-34)32(39-33)20-6-7-24-21(12-20)16-38-41(3)35(24)45/h5-8,11-16,19H,1,9-10,17-18H2,2-4H3/t19-/m1/s1. The summed E-state index contributed by atoms with van der Waals surface area (Å²) in [6.07, 6.45) is 2.91. The molecule has 1 aliphatic rings. The van der Waals surface area contributed by atoms with Crippen LogP contribution in [0, 0.1) is 11.6 Å². The largest absolute Gasteiger partial charge is 0.490 e. The van der Waals surface area contributed by atoms with Gasteiger partial charge in [0.1, 0.15) is 35.4 Å². The zero-order chi connectivity index (χ0) is 33.7. The van der Waals surface area contributed by atoms with Gasteiger partial charge in [0.15, 0.2) is 0 Å².